The van der Waals surface area contributed by atoms with E-state index in [1.165, 1.54) is 10.8 Å². The Morgan fingerprint density at radius 1 is 0.650 bits per heavy atom. The lowest BCUT2D eigenvalue weighted by molar-refractivity contribution is 1.31. The maximum atomic E-state index is 4.29. The molecule has 0 aliphatic heterocycles. The van der Waals surface area contributed by atoms with Crippen molar-refractivity contribution in [2.45, 2.75) is 0 Å². The van der Waals surface area contributed by atoms with Gasteiger partial charge in [0.05, 0.1) is 24.0 Å². The van der Waals surface area contributed by atoms with Gasteiger partial charge in [0.25, 0.3) is 0 Å². The highest BCUT2D eigenvalue weighted by Crippen LogP contribution is 2.26. The van der Waals surface area contributed by atoms with Gasteiger partial charge in [0.2, 0.25) is 0 Å². The molecule has 0 aliphatic carbocycles. The van der Waals surface area contributed by atoms with E-state index in [0.29, 0.717) is 0 Å². The average molecular weight is 260 g/mol. The second-order valence-corrected chi connectivity index (χ2v) is 4.69. The summed E-state index contributed by atoms with van der Waals surface area (Å²) in [7, 11) is 0. The first-order valence-corrected chi connectivity index (χ1v) is 6.42. The van der Waals surface area contributed by atoms with Crippen molar-refractivity contribution in [1.29, 1.82) is 0 Å². The van der Waals surface area contributed by atoms with E-state index in [9.17, 15) is 0 Å². The van der Waals surface area contributed by atoms with Crippen molar-refractivity contribution in [2.75, 3.05) is 0 Å². The quantitative estimate of drug-likeness (QED) is 0.578. The summed E-state index contributed by atoms with van der Waals surface area (Å²) < 4.78 is 0. The minimum absolute atomic E-state index is 0.956. The molecule has 2 heterocycles. The van der Waals surface area contributed by atoms with Crippen LogP contribution in [0.1, 0.15) is 0 Å². The van der Waals surface area contributed by atoms with Gasteiger partial charge < -0.3 is 9.97 Å². The number of fused-ring (bicyclic) bond motifs is 1. The summed E-state index contributed by atoms with van der Waals surface area (Å²) in [6.07, 6.45) is 7.19. The minimum Gasteiger partial charge on any atom is -0.351 e. The topological polar surface area (TPSA) is 57.4 Å². The van der Waals surface area contributed by atoms with Crippen molar-refractivity contribution in [1.82, 2.24) is 19.9 Å². The summed E-state index contributed by atoms with van der Waals surface area (Å²) in [6, 6.07) is 12.7. The van der Waals surface area contributed by atoms with Crippen LogP contribution < -0.4 is 0 Å². The van der Waals surface area contributed by atoms with Crippen LogP contribution in [-0.2, 0) is 0 Å². The molecule has 2 N–H and O–H groups in total. The normalized spacial score (nSPS) is 11.0. The molecule has 20 heavy (non-hydrogen) atoms. The maximum Gasteiger partial charge on any atom is 0.0927 e. The fourth-order valence-corrected chi connectivity index (χ4v) is 2.40. The third-order valence-corrected chi connectivity index (χ3v) is 3.43. The molecule has 0 saturated heterocycles. The molecule has 0 unspecified atom stereocenters. The highest BCUT2D eigenvalue weighted by atomic mass is 14.9. The molecular formula is C16H12N4. The van der Waals surface area contributed by atoms with Gasteiger partial charge in [0.15, 0.2) is 0 Å². The van der Waals surface area contributed by atoms with E-state index in [2.05, 4.69) is 56.3 Å². The molecule has 2 aromatic heterocycles. The standard InChI is InChI=1S/C16H12N4/c1-3-12(15-7-17-9-19-15)5-14-6-13(4-2-11(1)14)16-8-18-10-20-16/h1-10H,(H,17,19)(H,18,20). The maximum absolute atomic E-state index is 4.29. The fraction of sp³-hybridized carbons (Fsp3) is 0. The second kappa shape index (κ2) is 4.35. The average Bonchev–Trinajstić information content (AvgIpc) is 3.19. The van der Waals surface area contributed by atoms with E-state index in [-0.39, 0.29) is 0 Å². The Morgan fingerprint density at radius 3 is 1.65 bits per heavy atom. The smallest absolute Gasteiger partial charge is 0.0927 e. The first-order chi connectivity index (χ1) is 9.90. The molecule has 0 atom stereocenters. The second-order valence-electron chi connectivity index (χ2n) is 4.69. The summed E-state index contributed by atoms with van der Waals surface area (Å²) in [5.41, 5.74) is 4.13. The molecule has 0 amide bonds. The molecule has 0 aliphatic rings. The number of imidazole rings is 2. The molecule has 4 aromatic rings. The van der Waals surface area contributed by atoms with Crippen LogP contribution in [0.5, 0.6) is 0 Å². The molecule has 96 valence electrons. The van der Waals surface area contributed by atoms with Gasteiger partial charge in [-0.3, -0.25) is 0 Å². The zero-order chi connectivity index (χ0) is 13.4. The van der Waals surface area contributed by atoms with Gasteiger partial charge in [-0.2, -0.15) is 0 Å². The molecular weight excluding hydrogens is 248 g/mol. The van der Waals surface area contributed by atoms with Crippen molar-refractivity contribution in [2.24, 2.45) is 0 Å². The van der Waals surface area contributed by atoms with Crippen LogP contribution in [0, 0.1) is 0 Å². The van der Waals surface area contributed by atoms with Crippen LogP contribution in [-0.4, -0.2) is 19.9 Å². The largest absolute Gasteiger partial charge is 0.351 e. The summed E-state index contributed by atoms with van der Waals surface area (Å²) in [6.45, 7) is 0. The van der Waals surface area contributed by atoms with Gasteiger partial charge in [-0.15, -0.1) is 0 Å². The van der Waals surface area contributed by atoms with E-state index in [0.717, 1.165) is 22.5 Å². The summed E-state index contributed by atoms with van der Waals surface area (Å²) >= 11 is 0. The molecule has 0 saturated carbocycles. The Balaban J connectivity index is 1.88. The van der Waals surface area contributed by atoms with Gasteiger partial charge in [0.1, 0.15) is 0 Å². The number of aromatic amines is 2. The number of benzene rings is 2. The van der Waals surface area contributed by atoms with Crippen LogP contribution in [0.2, 0.25) is 0 Å². The summed E-state index contributed by atoms with van der Waals surface area (Å²) in [4.78, 5) is 14.6. The van der Waals surface area contributed by atoms with Crippen molar-refractivity contribution < 1.29 is 0 Å². The first-order valence-electron chi connectivity index (χ1n) is 6.42. The Morgan fingerprint density at radius 2 is 1.20 bits per heavy atom. The fourth-order valence-electron chi connectivity index (χ4n) is 2.40. The van der Waals surface area contributed by atoms with Gasteiger partial charge in [0, 0.05) is 23.5 Å². The Kier molecular flexibility index (Phi) is 2.39. The molecule has 0 fully saturated rings. The summed E-state index contributed by atoms with van der Waals surface area (Å²) in [5.74, 6) is 0. The molecule has 4 nitrogen and oxygen atoms in total. The van der Waals surface area contributed by atoms with Gasteiger partial charge in [-0.05, 0) is 22.9 Å². The molecule has 4 rings (SSSR count). The Bertz CT molecular complexity index is 776. The first kappa shape index (κ1) is 11.0. The van der Waals surface area contributed by atoms with Crippen LogP contribution in [0.25, 0.3) is 33.3 Å². The number of H-pyrrole nitrogens is 2. The Labute approximate surface area is 115 Å². The monoisotopic (exact) mass is 260 g/mol. The highest BCUT2D eigenvalue weighted by Gasteiger charge is 2.04. The number of hydrogen-bond acceptors (Lipinski definition) is 2. The van der Waals surface area contributed by atoms with Gasteiger partial charge >= 0.3 is 0 Å². The lowest BCUT2D eigenvalue weighted by Crippen LogP contribution is -1.81. The molecule has 4 heteroatoms. The third kappa shape index (κ3) is 1.78. The number of nitrogens with zero attached hydrogens (tertiary/aromatic N) is 2. The third-order valence-electron chi connectivity index (χ3n) is 3.43. The zero-order valence-corrected chi connectivity index (χ0v) is 10.7. The summed E-state index contributed by atoms with van der Waals surface area (Å²) in [5, 5.41) is 2.40. The minimum atomic E-state index is 0.956. The molecule has 0 spiro atoms. The number of nitrogens with one attached hydrogen (secondary N) is 2. The van der Waals surface area contributed by atoms with E-state index in [1.54, 1.807) is 12.7 Å². The van der Waals surface area contributed by atoms with Crippen LogP contribution in [0.3, 0.4) is 0 Å². The lowest BCUT2D eigenvalue weighted by Gasteiger charge is -2.03. The molecule has 0 radical (unpaired) electrons. The molecule has 0 bridgehead atoms. The predicted molar refractivity (Wildman–Crippen MR) is 79.1 cm³/mol. The van der Waals surface area contributed by atoms with Crippen LogP contribution in [0.4, 0.5) is 0 Å². The number of hydrogen-bond donors (Lipinski definition) is 2. The van der Waals surface area contributed by atoms with Gasteiger partial charge in [-0.25, -0.2) is 9.97 Å². The van der Waals surface area contributed by atoms with Crippen molar-refractivity contribution in [3.05, 3.63) is 61.4 Å². The van der Waals surface area contributed by atoms with Crippen LogP contribution >= 0.6 is 0 Å². The highest BCUT2D eigenvalue weighted by molar-refractivity contribution is 5.90. The SMILES string of the molecule is c1nc(-c2ccc3ccc(-c4c[nH]cn4)cc3c2)c[nH]1. The van der Waals surface area contributed by atoms with Crippen molar-refractivity contribution >= 4 is 10.8 Å². The van der Waals surface area contributed by atoms with E-state index < -0.39 is 0 Å². The van der Waals surface area contributed by atoms with Crippen molar-refractivity contribution in [3.8, 4) is 22.5 Å². The number of rotatable bonds is 2. The van der Waals surface area contributed by atoms with E-state index in [4.69, 9.17) is 0 Å². The predicted octanol–water partition coefficient (Wildman–Crippen LogP) is 3.62. The van der Waals surface area contributed by atoms with Crippen LogP contribution in [0.15, 0.2) is 61.4 Å². The zero-order valence-electron chi connectivity index (χ0n) is 10.7. The molecule has 2 aromatic carbocycles. The number of aromatic nitrogens is 4. The van der Waals surface area contributed by atoms with E-state index in [1.807, 2.05) is 12.4 Å². The van der Waals surface area contributed by atoms with Gasteiger partial charge in [-0.1, -0.05) is 24.3 Å². The van der Waals surface area contributed by atoms with Crippen molar-refractivity contribution in [3.63, 3.8) is 0 Å². The lowest BCUT2D eigenvalue weighted by atomic mass is 10.0. The Hall–Kier alpha value is -2.88. The van der Waals surface area contributed by atoms with E-state index >= 15 is 0 Å².